The number of ether oxygens (including phenoxy) is 2. The summed E-state index contributed by atoms with van der Waals surface area (Å²) in [6.45, 7) is 3.74. The van der Waals surface area contributed by atoms with Crippen molar-refractivity contribution in [2.75, 3.05) is 32.9 Å². The van der Waals surface area contributed by atoms with Crippen LogP contribution in [0.3, 0.4) is 0 Å². The van der Waals surface area contributed by atoms with Gasteiger partial charge in [0, 0.05) is 25.6 Å². The summed E-state index contributed by atoms with van der Waals surface area (Å²) in [7, 11) is 0. The molecule has 128 valence electrons. The van der Waals surface area contributed by atoms with Crippen LogP contribution in [0.1, 0.15) is 37.7 Å². The Morgan fingerprint density at radius 3 is 2.74 bits per heavy atom. The van der Waals surface area contributed by atoms with Gasteiger partial charge in [0.1, 0.15) is 0 Å². The molecule has 0 radical (unpaired) electrons. The molecule has 0 amide bonds. The number of rotatable bonds is 8. The molecule has 1 N–H and O–H groups in total. The second-order valence-electron chi connectivity index (χ2n) is 6.40. The molecule has 1 heterocycles. The van der Waals surface area contributed by atoms with Gasteiger partial charge in [-0.15, -0.1) is 0 Å². The molecule has 0 aromatic heterocycles. The molecule has 2 aliphatic rings. The Hall–Kier alpha value is -0.970. The van der Waals surface area contributed by atoms with Gasteiger partial charge >= 0.3 is 0 Å². The van der Waals surface area contributed by atoms with Crippen molar-refractivity contribution in [2.45, 2.75) is 44.6 Å². The predicted octanol–water partition coefficient (Wildman–Crippen LogP) is 3.28. The fraction of sp³-hybridized carbons (Fsp3) is 0.667. The van der Waals surface area contributed by atoms with Crippen molar-refractivity contribution in [3.63, 3.8) is 0 Å². The highest BCUT2D eigenvalue weighted by molar-refractivity contribution is 6.32. The van der Waals surface area contributed by atoms with Gasteiger partial charge in [0.25, 0.3) is 0 Å². The zero-order valence-corrected chi connectivity index (χ0v) is 14.4. The number of benzene rings is 1. The normalized spacial score (nSPS) is 17.3. The van der Waals surface area contributed by atoms with Gasteiger partial charge in [-0.1, -0.05) is 11.6 Å². The van der Waals surface area contributed by atoms with Gasteiger partial charge < -0.3 is 19.5 Å². The van der Waals surface area contributed by atoms with Gasteiger partial charge in [-0.25, -0.2) is 0 Å². The highest BCUT2D eigenvalue weighted by Crippen LogP contribution is 2.38. The van der Waals surface area contributed by atoms with E-state index in [-0.39, 0.29) is 6.61 Å². The van der Waals surface area contributed by atoms with Gasteiger partial charge in [-0.05, 0) is 56.3 Å². The maximum Gasteiger partial charge on any atom is 0.179 e. The van der Waals surface area contributed by atoms with Gasteiger partial charge in [-0.2, -0.15) is 0 Å². The topological polar surface area (TPSA) is 41.9 Å². The maximum atomic E-state index is 8.95. The quantitative estimate of drug-likeness (QED) is 0.738. The number of hydrogen-bond donors (Lipinski definition) is 1. The van der Waals surface area contributed by atoms with E-state index in [1.165, 1.54) is 18.4 Å². The van der Waals surface area contributed by atoms with Crippen LogP contribution in [0.25, 0.3) is 0 Å². The molecule has 5 heteroatoms. The van der Waals surface area contributed by atoms with Crippen LogP contribution in [0.2, 0.25) is 5.02 Å². The molecule has 4 nitrogen and oxygen atoms in total. The van der Waals surface area contributed by atoms with Gasteiger partial charge in [0.15, 0.2) is 11.5 Å². The number of aliphatic hydroxyl groups excluding tert-OH is 1. The molecule has 1 aromatic rings. The van der Waals surface area contributed by atoms with Crippen molar-refractivity contribution in [1.29, 1.82) is 0 Å². The molecule has 1 fully saturated rings. The van der Waals surface area contributed by atoms with Crippen LogP contribution in [-0.4, -0.2) is 49.0 Å². The van der Waals surface area contributed by atoms with Gasteiger partial charge in [0.2, 0.25) is 0 Å². The molecule has 1 aromatic carbocycles. The Bertz CT molecular complexity index is 519. The number of nitrogens with zero attached hydrogens (tertiary/aromatic N) is 1. The lowest BCUT2D eigenvalue weighted by Crippen LogP contribution is -2.29. The molecule has 0 saturated heterocycles. The van der Waals surface area contributed by atoms with E-state index >= 15 is 0 Å². The summed E-state index contributed by atoms with van der Waals surface area (Å²) in [6, 6.07) is 4.82. The Morgan fingerprint density at radius 1 is 1.13 bits per heavy atom. The number of aliphatic hydroxyl groups is 1. The number of hydrogen-bond acceptors (Lipinski definition) is 4. The average molecular weight is 340 g/mol. The second kappa shape index (κ2) is 8.22. The molecular weight excluding hydrogens is 314 g/mol. The van der Waals surface area contributed by atoms with Gasteiger partial charge in [0.05, 0.1) is 18.2 Å². The molecule has 1 aliphatic carbocycles. The Morgan fingerprint density at radius 2 is 1.96 bits per heavy atom. The lowest BCUT2D eigenvalue weighted by atomic mass is 10.1. The van der Waals surface area contributed by atoms with E-state index in [0.717, 1.165) is 50.6 Å². The summed E-state index contributed by atoms with van der Waals surface area (Å²) in [5.41, 5.74) is 1.20. The molecule has 1 saturated carbocycles. The minimum absolute atomic E-state index is 0.288. The van der Waals surface area contributed by atoms with Crippen LogP contribution in [0.15, 0.2) is 12.1 Å². The summed E-state index contributed by atoms with van der Waals surface area (Å²) in [5.74, 6) is 1.47. The summed E-state index contributed by atoms with van der Waals surface area (Å²) >= 11 is 6.37. The molecule has 0 spiro atoms. The van der Waals surface area contributed by atoms with Crippen molar-refractivity contribution < 1.29 is 14.6 Å². The standard InChI is InChI=1S/C18H26ClNO3/c19-16-12-14(13-17-18(16)23-11-3-10-22-17)6-8-20(15-4-5-15)7-1-2-9-21/h12-13,15,21H,1-11H2. The first kappa shape index (κ1) is 16.9. The van der Waals surface area contributed by atoms with Crippen molar-refractivity contribution >= 4 is 11.6 Å². The third-order valence-corrected chi connectivity index (χ3v) is 4.75. The third kappa shape index (κ3) is 4.75. The average Bonchev–Trinajstić information content (AvgIpc) is 3.37. The van der Waals surface area contributed by atoms with Gasteiger partial charge in [-0.3, -0.25) is 0 Å². The van der Waals surface area contributed by atoms with Crippen LogP contribution in [-0.2, 0) is 6.42 Å². The van der Waals surface area contributed by atoms with E-state index in [1.54, 1.807) is 0 Å². The molecule has 0 atom stereocenters. The highest BCUT2D eigenvalue weighted by Gasteiger charge is 2.28. The molecule has 23 heavy (non-hydrogen) atoms. The lowest BCUT2D eigenvalue weighted by molar-refractivity contribution is 0.236. The maximum absolute atomic E-state index is 8.95. The predicted molar refractivity (Wildman–Crippen MR) is 91.7 cm³/mol. The van der Waals surface area contributed by atoms with Crippen molar-refractivity contribution in [2.24, 2.45) is 0 Å². The Kier molecular flexibility index (Phi) is 6.03. The fourth-order valence-electron chi connectivity index (χ4n) is 3.04. The molecule has 0 bridgehead atoms. The lowest BCUT2D eigenvalue weighted by Gasteiger charge is -2.22. The first-order valence-electron chi connectivity index (χ1n) is 8.71. The van der Waals surface area contributed by atoms with Crippen LogP contribution >= 0.6 is 11.6 Å². The first-order chi connectivity index (χ1) is 11.3. The van der Waals surface area contributed by atoms with E-state index < -0.39 is 0 Å². The minimum Gasteiger partial charge on any atom is -0.489 e. The van der Waals surface area contributed by atoms with Crippen LogP contribution in [0.4, 0.5) is 0 Å². The second-order valence-corrected chi connectivity index (χ2v) is 6.81. The molecule has 0 unspecified atom stereocenters. The molecule has 3 rings (SSSR count). The summed E-state index contributed by atoms with van der Waals surface area (Å²) in [5, 5.41) is 9.60. The van der Waals surface area contributed by atoms with Crippen LogP contribution in [0, 0.1) is 0 Å². The summed E-state index contributed by atoms with van der Waals surface area (Å²) in [4.78, 5) is 2.55. The Labute approximate surface area is 143 Å². The molecule has 1 aliphatic heterocycles. The van der Waals surface area contributed by atoms with Crippen molar-refractivity contribution in [3.05, 3.63) is 22.7 Å². The van der Waals surface area contributed by atoms with E-state index in [9.17, 15) is 0 Å². The number of fused-ring (bicyclic) bond motifs is 1. The highest BCUT2D eigenvalue weighted by atomic mass is 35.5. The van der Waals surface area contributed by atoms with Crippen molar-refractivity contribution in [3.8, 4) is 11.5 Å². The third-order valence-electron chi connectivity index (χ3n) is 4.47. The Balaban J connectivity index is 1.60. The van der Waals surface area contributed by atoms with Crippen LogP contribution in [0.5, 0.6) is 11.5 Å². The van der Waals surface area contributed by atoms with E-state index in [1.807, 2.05) is 6.07 Å². The largest absolute Gasteiger partial charge is 0.489 e. The molecular formula is C18H26ClNO3. The van der Waals surface area contributed by atoms with E-state index in [2.05, 4.69) is 11.0 Å². The smallest absolute Gasteiger partial charge is 0.179 e. The van der Waals surface area contributed by atoms with Crippen molar-refractivity contribution in [1.82, 2.24) is 4.90 Å². The monoisotopic (exact) mass is 339 g/mol. The number of unbranched alkanes of at least 4 members (excludes halogenated alkanes) is 1. The van der Waals surface area contributed by atoms with Crippen LogP contribution < -0.4 is 9.47 Å². The number of halogens is 1. The minimum atomic E-state index is 0.288. The summed E-state index contributed by atoms with van der Waals surface area (Å²) < 4.78 is 11.4. The fourth-order valence-corrected chi connectivity index (χ4v) is 3.33. The summed E-state index contributed by atoms with van der Waals surface area (Å²) in [6.07, 6.45) is 6.42. The van der Waals surface area contributed by atoms with E-state index in [0.29, 0.717) is 24.0 Å². The SMILES string of the molecule is OCCCCN(CCc1cc(Cl)c2c(c1)OCCCO2)C1CC1. The first-order valence-corrected chi connectivity index (χ1v) is 9.08. The zero-order valence-electron chi connectivity index (χ0n) is 13.6. The van der Waals surface area contributed by atoms with E-state index in [4.69, 9.17) is 26.2 Å². The zero-order chi connectivity index (χ0) is 16.1.